The van der Waals surface area contributed by atoms with Crippen LogP contribution in [0.3, 0.4) is 0 Å². The topological polar surface area (TPSA) is 61.0 Å². The van der Waals surface area contributed by atoms with Crippen LogP contribution in [0.4, 0.5) is 0 Å². The molecule has 1 atom stereocenters. The summed E-state index contributed by atoms with van der Waals surface area (Å²) < 4.78 is 0. The predicted octanol–water partition coefficient (Wildman–Crippen LogP) is 2.28. The number of benzene rings is 2. The van der Waals surface area contributed by atoms with Crippen LogP contribution in [0.15, 0.2) is 48.5 Å². The van der Waals surface area contributed by atoms with E-state index in [2.05, 4.69) is 51.7 Å². The molecule has 2 heterocycles. The SMILES string of the molecule is CN1Cc2ccccc2C[C@@H]1CNC(=O)Cc1[nH]nc2ccccc12. The molecule has 1 amide bonds. The number of likely N-dealkylation sites (N-methyl/N-ethyl adjacent to an activating group) is 1. The van der Waals surface area contributed by atoms with E-state index in [4.69, 9.17) is 0 Å². The number of para-hydroxylation sites is 1. The molecule has 25 heavy (non-hydrogen) atoms. The summed E-state index contributed by atoms with van der Waals surface area (Å²) >= 11 is 0. The highest BCUT2D eigenvalue weighted by atomic mass is 16.1. The maximum absolute atomic E-state index is 12.4. The van der Waals surface area contributed by atoms with Crippen LogP contribution in [-0.2, 0) is 24.2 Å². The first-order valence-electron chi connectivity index (χ1n) is 8.66. The van der Waals surface area contributed by atoms with Gasteiger partial charge in [0, 0.05) is 24.5 Å². The van der Waals surface area contributed by atoms with Gasteiger partial charge in [0.15, 0.2) is 0 Å². The molecule has 2 N–H and O–H groups in total. The minimum Gasteiger partial charge on any atom is -0.354 e. The molecule has 0 unspecified atom stereocenters. The lowest BCUT2D eigenvalue weighted by Gasteiger charge is -2.34. The second-order valence-electron chi connectivity index (χ2n) is 6.74. The first-order valence-corrected chi connectivity index (χ1v) is 8.66. The Morgan fingerprint density at radius 3 is 2.84 bits per heavy atom. The van der Waals surface area contributed by atoms with Crippen LogP contribution in [0.2, 0.25) is 0 Å². The van der Waals surface area contributed by atoms with Crippen molar-refractivity contribution in [3.63, 3.8) is 0 Å². The van der Waals surface area contributed by atoms with Crippen LogP contribution < -0.4 is 5.32 Å². The van der Waals surface area contributed by atoms with Gasteiger partial charge >= 0.3 is 0 Å². The number of rotatable bonds is 4. The quantitative estimate of drug-likeness (QED) is 0.769. The standard InChI is InChI=1S/C20H22N4O/c1-24-13-15-7-3-2-6-14(15)10-16(24)12-21-20(25)11-19-17-8-4-5-9-18(17)22-23-19/h2-9,16H,10-13H2,1H3,(H,21,25)(H,22,23)/t16-/m1/s1. The molecular weight excluding hydrogens is 312 g/mol. The van der Waals surface area contributed by atoms with Crippen LogP contribution in [0.5, 0.6) is 0 Å². The van der Waals surface area contributed by atoms with E-state index in [1.165, 1.54) is 11.1 Å². The first kappa shape index (κ1) is 15.8. The summed E-state index contributed by atoms with van der Waals surface area (Å²) in [4.78, 5) is 14.7. The van der Waals surface area contributed by atoms with Crippen LogP contribution in [0.1, 0.15) is 16.8 Å². The highest BCUT2D eigenvalue weighted by molar-refractivity contribution is 5.87. The van der Waals surface area contributed by atoms with Crippen LogP contribution in [0.25, 0.3) is 10.9 Å². The molecule has 0 saturated carbocycles. The highest BCUT2D eigenvalue weighted by Crippen LogP contribution is 2.21. The third-order valence-electron chi connectivity index (χ3n) is 5.03. The minimum atomic E-state index is 0.0293. The molecular formula is C20H22N4O. The molecule has 4 rings (SSSR count). The minimum absolute atomic E-state index is 0.0293. The van der Waals surface area contributed by atoms with Crippen molar-refractivity contribution in [2.45, 2.75) is 25.4 Å². The fraction of sp³-hybridized carbons (Fsp3) is 0.300. The third-order valence-corrected chi connectivity index (χ3v) is 5.03. The van der Waals surface area contributed by atoms with Gasteiger partial charge in [0.05, 0.1) is 17.6 Å². The lowest BCUT2D eigenvalue weighted by atomic mass is 9.94. The normalized spacial score (nSPS) is 17.4. The highest BCUT2D eigenvalue weighted by Gasteiger charge is 2.23. The summed E-state index contributed by atoms with van der Waals surface area (Å²) in [5, 5.41) is 11.3. The Kier molecular flexibility index (Phi) is 4.24. The third kappa shape index (κ3) is 3.28. The first-order chi connectivity index (χ1) is 12.2. The molecule has 0 fully saturated rings. The van der Waals surface area contributed by atoms with Gasteiger partial charge < -0.3 is 5.32 Å². The van der Waals surface area contributed by atoms with E-state index in [9.17, 15) is 4.79 Å². The summed E-state index contributed by atoms with van der Waals surface area (Å²) in [5.41, 5.74) is 4.54. The summed E-state index contributed by atoms with van der Waals surface area (Å²) in [7, 11) is 2.12. The van der Waals surface area contributed by atoms with Crippen molar-refractivity contribution in [2.24, 2.45) is 0 Å². The molecule has 1 aromatic heterocycles. The predicted molar refractivity (Wildman–Crippen MR) is 98.2 cm³/mol. The van der Waals surface area contributed by atoms with Crippen molar-refractivity contribution in [3.05, 3.63) is 65.4 Å². The number of nitrogens with zero attached hydrogens (tertiary/aromatic N) is 2. The Morgan fingerprint density at radius 2 is 1.96 bits per heavy atom. The monoisotopic (exact) mass is 334 g/mol. The zero-order chi connectivity index (χ0) is 17.2. The lowest BCUT2D eigenvalue weighted by Crippen LogP contribution is -2.45. The molecule has 2 aromatic carbocycles. The summed E-state index contributed by atoms with van der Waals surface area (Å²) in [5.74, 6) is 0.0293. The number of H-pyrrole nitrogens is 1. The second kappa shape index (κ2) is 6.69. The maximum atomic E-state index is 12.4. The van der Waals surface area contributed by atoms with Crippen LogP contribution in [0, 0.1) is 0 Å². The number of aromatic amines is 1. The molecule has 5 nitrogen and oxygen atoms in total. The largest absolute Gasteiger partial charge is 0.354 e. The van der Waals surface area contributed by atoms with Gasteiger partial charge in [-0.3, -0.25) is 14.8 Å². The smallest absolute Gasteiger partial charge is 0.226 e. The summed E-state index contributed by atoms with van der Waals surface area (Å²) in [6.45, 7) is 1.59. The molecule has 0 bridgehead atoms. The van der Waals surface area contributed by atoms with Crippen molar-refractivity contribution in [3.8, 4) is 0 Å². The van der Waals surface area contributed by atoms with Gasteiger partial charge in [0.25, 0.3) is 0 Å². The van der Waals surface area contributed by atoms with Crippen LogP contribution >= 0.6 is 0 Å². The Balaban J connectivity index is 1.37. The molecule has 1 aliphatic heterocycles. The fourth-order valence-corrected chi connectivity index (χ4v) is 3.55. The molecule has 0 radical (unpaired) electrons. The van der Waals surface area contributed by atoms with Crippen molar-refractivity contribution in [1.82, 2.24) is 20.4 Å². The van der Waals surface area contributed by atoms with Crippen molar-refractivity contribution in [1.29, 1.82) is 0 Å². The van der Waals surface area contributed by atoms with Gasteiger partial charge in [-0.15, -0.1) is 0 Å². The zero-order valence-electron chi connectivity index (χ0n) is 14.3. The van der Waals surface area contributed by atoms with Gasteiger partial charge in [-0.2, -0.15) is 5.10 Å². The Hall–Kier alpha value is -2.66. The van der Waals surface area contributed by atoms with E-state index in [1.54, 1.807) is 0 Å². The lowest BCUT2D eigenvalue weighted by molar-refractivity contribution is -0.120. The van der Waals surface area contributed by atoms with E-state index in [-0.39, 0.29) is 5.91 Å². The van der Waals surface area contributed by atoms with Crippen molar-refractivity contribution in [2.75, 3.05) is 13.6 Å². The number of hydrogen-bond donors (Lipinski definition) is 2. The summed E-state index contributed by atoms with van der Waals surface area (Å²) in [6.07, 6.45) is 1.30. The number of hydrogen-bond acceptors (Lipinski definition) is 3. The second-order valence-corrected chi connectivity index (χ2v) is 6.74. The molecule has 128 valence electrons. The molecule has 3 aromatic rings. The number of amides is 1. The van der Waals surface area contributed by atoms with Crippen molar-refractivity contribution < 1.29 is 4.79 Å². The van der Waals surface area contributed by atoms with E-state index < -0.39 is 0 Å². The molecule has 0 aliphatic carbocycles. The van der Waals surface area contributed by atoms with E-state index in [1.807, 2.05) is 24.3 Å². The Labute approximate surface area is 147 Å². The van der Waals surface area contributed by atoms with E-state index in [0.29, 0.717) is 19.0 Å². The molecule has 5 heteroatoms. The number of nitrogens with one attached hydrogen (secondary N) is 2. The van der Waals surface area contributed by atoms with Gasteiger partial charge in [0.1, 0.15) is 0 Å². The van der Waals surface area contributed by atoms with Gasteiger partial charge in [-0.25, -0.2) is 0 Å². The fourth-order valence-electron chi connectivity index (χ4n) is 3.55. The Morgan fingerprint density at radius 1 is 1.20 bits per heavy atom. The Bertz CT molecular complexity index is 901. The number of aromatic nitrogens is 2. The summed E-state index contributed by atoms with van der Waals surface area (Å²) in [6, 6.07) is 16.7. The van der Waals surface area contributed by atoms with Crippen LogP contribution in [-0.4, -0.2) is 40.6 Å². The average Bonchev–Trinajstić information content (AvgIpc) is 3.03. The number of carbonyl (C=O) groups is 1. The van der Waals surface area contributed by atoms with Gasteiger partial charge in [-0.1, -0.05) is 42.5 Å². The average molecular weight is 334 g/mol. The number of fused-ring (bicyclic) bond motifs is 2. The zero-order valence-corrected chi connectivity index (χ0v) is 14.3. The van der Waals surface area contributed by atoms with Gasteiger partial charge in [0.2, 0.25) is 5.91 Å². The molecule has 1 aliphatic rings. The van der Waals surface area contributed by atoms with Crippen molar-refractivity contribution >= 4 is 16.8 Å². The molecule has 0 spiro atoms. The maximum Gasteiger partial charge on any atom is 0.226 e. The van der Waals surface area contributed by atoms with Gasteiger partial charge in [-0.05, 0) is 30.7 Å². The van der Waals surface area contributed by atoms with E-state index in [0.717, 1.165) is 29.6 Å². The van der Waals surface area contributed by atoms with E-state index >= 15 is 0 Å². The molecule has 0 saturated heterocycles. The number of carbonyl (C=O) groups excluding carboxylic acids is 1.